The highest BCUT2D eigenvalue weighted by Gasteiger charge is 2.17. The predicted octanol–water partition coefficient (Wildman–Crippen LogP) is 5.75. The number of unbranched alkanes of at least 4 members (excludes halogenated alkanes) is 1. The first-order valence-electron chi connectivity index (χ1n) is 10.5. The van der Waals surface area contributed by atoms with E-state index in [1.807, 2.05) is 43.3 Å². The molecule has 5 nitrogen and oxygen atoms in total. The van der Waals surface area contributed by atoms with E-state index in [1.165, 1.54) is 6.07 Å². The summed E-state index contributed by atoms with van der Waals surface area (Å²) >= 11 is 0. The molecule has 160 valence electrons. The minimum Gasteiger partial charge on any atom is -0.478 e. The Hall–Kier alpha value is -3.60. The zero-order valence-corrected chi connectivity index (χ0v) is 18.0. The van der Waals surface area contributed by atoms with Crippen LogP contribution in [0.2, 0.25) is 0 Å². The number of amides is 1. The van der Waals surface area contributed by atoms with Crippen molar-refractivity contribution >= 4 is 23.3 Å². The molecule has 2 N–H and O–H groups in total. The Bertz CT molecular complexity index is 1050. The number of hydrogen-bond acceptors (Lipinski definition) is 3. The van der Waals surface area contributed by atoms with Gasteiger partial charge in [0.25, 0.3) is 5.91 Å². The second kappa shape index (κ2) is 10.4. The van der Waals surface area contributed by atoms with Gasteiger partial charge in [-0.1, -0.05) is 61.4 Å². The monoisotopic (exact) mass is 416 g/mol. The van der Waals surface area contributed by atoms with Gasteiger partial charge < -0.3 is 15.3 Å². The van der Waals surface area contributed by atoms with Crippen molar-refractivity contribution in [2.24, 2.45) is 0 Å². The van der Waals surface area contributed by atoms with E-state index in [0.29, 0.717) is 17.8 Å². The molecule has 0 radical (unpaired) electrons. The van der Waals surface area contributed by atoms with Crippen LogP contribution in [-0.2, 0) is 6.54 Å². The van der Waals surface area contributed by atoms with Crippen LogP contribution in [0.1, 0.15) is 51.6 Å². The number of carbonyl (C=O) groups is 2. The van der Waals surface area contributed by atoms with Crippen LogP contribution in [0.5, 0.6) is 0 Å². The Balaban J connectivity index is 1.98. The highest BCUT2D eigenvalue weighted by atomic mass is 16.4. The van der Waals surface area contributed by atoms with E-state index in [4.69, 9.17) is 0 Å². The van der Waals surface area contributed by atoms with Crippen molar-refractivity contribution in [3.05, 3.63) is 95.1 Å². The van der Waals surface area contributed by atoms with Crippen LogP contribution in [0.25, 0.3) is 0 Å². The van der Waals surface area contributed by atoms with E-state index < -0.39 is 5.97 Å². The van der Waals surface area contributed by atoms with Gasteiger partial charge in [0.1, 0.15) is 0 Å². The van der Waals surface area contributed by atoms with Crippen LogP contribution >= 0.6 is 0 Å². The topological polar surface area (TPSA) is 69.6 Å². The van der Waals surface area contributed by atoms with Crippen LogP contribution in [0.4, 0.5) is 11.4 Å². The summed E-state index contributed by atoms with van der Waals surface area (Å²) in [5.41, 5.74) is 4.12. The smallest absolute Gasteiger partial charge is 0.335 e. The molecule has 0 saturated carbocycles. The molecule has 0 fully saturated rings. The Morgan fingerprint density at radius 1 is 0.935 bits per heavy atom. The van der Waals surface area contributed by atoms with Gasteiger partial charge >= 0.3 is 5.97 Å². The normalized spacial score (nSPS) is 10.5. The third kappa shape index (κ3) is 5.95. The van der Waals surface area contributed by atoms with Gasteiger partial charge in [0.15, 0.2) is 0 Å². The van der Waals surface area contributed by atoms with Crippen LogP contribution in [0.15, 0.2) is 72.8 Å². The zero-order valence-electron chi connectivity index (χ0n) is 18.0. The Labute approximate surface area is 183 Å². The molecule has 1 amide bonds. The molecular formula is C26H28N2O3. The molecule has 0 aromatic heterocycles. The fourth-order valence-electron chi connectivity index (χ4n) is 3.46. The summed E-state index contributed by atoms with van der Waals surface area (Å²) in [6.07, 6.45) is 2.02. The van der Waals surface area contributed by atoms with Crippen LogP contribution in [-0.4, -0.2) is 23.5 Å². The SMILES string of the molecule is CCCCN(Cc1ccccc1)c1ccc(C(=O)O)cc1NC(=O)c1cccc(C)c1. The van der Waals surface area contributed by atoms with E-state index >= 15 is 0 Å². The number of anilines is 2. The van der Waals surface area contributed by atoms with Gasteiger partial charge in [-0.25, -0.2) is 4.79 Å². The quantitative estimate of drug-likeness (QED) is 0.466. The molecule has 0 aliphatic rings. The molecule has 0 heterocycles. The van der Waals surface area contributed by atoms with Crippen molar-refractivity contribution in [1.82, 2.24) is 0 Å². The minimum absolute atomic E-state index is 0.137. The third-order valence-electron chi connectivity index (χ3n) is 5.11. The molecule has 0 unspecified atom stereocenters. The summed E-state index contributed by atoms with van der Waals surface area (Å²) in [5, 5.41) is 12.4. The van der Waals surface area contributed by atoms with Crippen molar-refractivity contribution in [3.8, 4) is 0 Å². The first-order valence-corrected chi connectivity index (χ1v) is 10.5. The average molecular weight is 417 g/mol. The summed E-state index contributed by atoms with van der Waals surface area (Å²) < 4.78 is 0. The second-order valence-electron chi connectivity index (χ2n) is 7.62. The number of aryl methyl sites for hydroxylation is 1. The first kappa shape index (κ1) is 22.1. The highest BCUT2D eigenvalue weighted by Crippen LogP contribution is 2.30. The number of carbonyl (C=O) groups excluding carboxylic acids is 1. The van der Waals surface area contributed by atoms with Gasteiger partial charge in [0.05, 0.1) is 16.9 Å². The van der Waals surface area contributed by atoms with Crippen LogP contribution < -0.4 is 10.2 Å². The number of nitrogens with one attached hydrogen (secondary N) is 1. The average Bonchev–Trinajstić information content (AvgIpc) is 2.77. The van der Waals surface area contributed by atoms with Gasteiger partial charge in [-0.3, -0.25) is 4.79 Å². The molecule has 5 heteroatoms. The molecule has 0 aliphatic carbocycles. The van der Waals surface area contributed by atoms with Crippen LogP contribution in [0, 0.1) is 6.92 Å². The van der Waals surface area contributed by atoms with Crippen molar-refractivity contribution in [1.29, 1.82) is 0 Å². The summed E-state index contributed by atoms with van der Waals surface area (Å²) in [6, 6.07) is 22.4. The number of carboxylic acid groups (broad SMARTS) is 1. The standard InChI is InChI=1S/C26H28N2O3/c1-3-4-15-28(18-20-10-6-5-7-11-20)24-14-13-22(26(30)31)17-23(24)27-25(29)21-12-8-9-19(2)16-21/h5-14,16-17H,3-4,15,18H2,1-2H3,(H,27,29)(H,30,31). The predicted molar refractivity (Wildman–Crippen MR) is 125 cm³/mol. The number of carboxylic acids is 1. The lowest BCUT2D eigenvalue weighted by molar-refractivity contribution is 0.0696. The maximum absolute atomic E-state index is 12.9. The van der Waals surface area contributed by atoms with Gasteiger partial charge in [0.2, 0.25) is 0 Å². The number of nitrogens with zero attached hydrogens (tertiary/aromatic N) is 1. The van der Waals surface area contributed by atoms with E-state index in [0.717, 1.165) is 36.2 Å². The summed E-state index contributed by atoms with van der Waals surface area (Å²) in [6.45, 7) is 5.53. The second-order valence-corrected chi connectivity index (χ2v) is 7.62. The molecule has 0 atom stereocenters. The number of aromatic carboxylic acids is 1. The molecule has 3 aromatic rings. The fraction of sp³-hybridized carbons (Fsp3) is 0.231. The lowest BCUT2D eigenvalue weighted by Gasteiger charge is -2.28. The van der Waals surface area contributed by atoms with E-state index in [1.54, 1.807) is 18.2 Å². The van der Waals surface area contributed by atoms with Gasteiger partial charge in [-0.05, 0) is 49.2 Å². The van der Waals surface area contributed by atoms with E-state index in [2.05, 4.69) is 29.3 Å². The van der Waals surface area contributed by atoms with Crippen LogP contribution in [0.3, 0.4) is 0 Å². The minimum atomic E-state index is -1.03. The van der Waals surface area contributed by atoms with E-state index in [-0.39, 0.29) is 11.5 Å². The summed E-state index contributed by atoms with van der Waals surface area (Å²) in [7, 11) is 0. The number of rotatable bonds is 9. The maximum atomic E-state index is 12.9. The Kier molecular flexibility index (Phi) is 7.44. The molecular weight excluding hydrogens is 388 g/mol. The summed E-state index contributed by atoms with van der Waals surface area (Å²) in [5.74, 6) is -1.29. The van der Waals surface area contributed by atoms with Gasteiger partial charge in [0, 0.05) is 18.7 Å². The van der Waals surface area contributed by atoms with Gasteiger partial charge in [-0.15, -0.1) is 0 Å². The number of benzene rings is 3. The molecule has 3 rings (SSSR count). The van der Waals surface area contributed by atoms with E-state index in [9.17, 15) is 14.7 Å². The largest absolute Gasteiger partial charge is 0.478 e. The van der Waals surface area contributed by atoms with Crippen molar-refractivity contribution < 1.29 is 14.7 Å². The van der Waals surface area contributed by atoms with Gasteiger partial charge in [-0.2, -0.15) is 0 Å². The first-order chi connectivity index (χ1) is 15.0. The zero-order chi connectivity index (χ0) is 22.2. The Morgan fingerprint density at radius 2 is 1.71 bits per heavy atom. The lowest BCUT2D eigenvalue weighted by atomic mass is 10.1. The highest BCUT2D eigenvalue weighted by molar-refractivity contribution is 6.06. The number of hydrogen-bond donors (Lipinski definition) is 2. The molecule has 3 aromatic carbocycles. The summed E-state index contributed by atoms with van der Waals surface area (Å²) in [4.78, 5) is 26.7. The van der Waals surface area contributed by atoms with Crippen molar-refractivity contribution in [2.75, 3.05) is 16.8 Å². The molecule has 0 spiro atoms. The molecule has 31 heavy (non-hydrogen) atoms. The third-order valence-corrected chi connectivity index (χ3v) is 5.11. The fourth-order valence-corrected chi connectivity index (χ4v) is 3.46. The molecule has 0 saturated heterocycles. The van der Waals surface area contributed by atoms with Crippen molar-refractivity contribution in [3.63, 3.8) is 0 Å². The maximum Gasteiger partial charge on any atom is 0.335 e. The Morgan fingerprint density at radius 3 is 2.39 bits per heavy atom. The molecule has 0 bridgehead atoms. The molecule has 0 aliphatic heterocycles. The lowest BCUT2D eigenvalue weighted by Crippen LogP contribution is -2.26. The van der Waals surface area contributed by atoms with Crippen molar-refractivity contribution in [2.45, 2.75) is 33.2 Å².